The minimum Gasteiger partial charge on any atom is -0.481 e. The molecule has 3 N–H and O–H groups in total. The number of aliphatic carboxylic acids is 1. The molecule has 0 spiro atoms. The van der Waals surface area contributed by atoms with E-state index in [2.05, 4.69) is 22.5 Å². The summed E-state index contributed by atoms with van der Waals surface area (Å²) in [6.45, 7) is 7.84. The van der Waals surface area contributed by atoms with E-state index in [4.69, 9.17) is 5.11 Å². The fourth-order valence-electron chi connectivity index (χ4n) is 1.79. The largest absolute Gasteiger partial charge is 0.481 e. The normalized spacial score (nSPS) is 15.4. The second-order valence-corrected chi connectivity index (χ2v) is 5.66. The summed E-state index contributed by atoms with van der Waals surface area (Å²) in [6.07, 6.45) is 2.51. The summed E-state index contributed by atoms with van der Waals surface area (Å²) >= 11 is 0. The molecule has 0 saturated heterocycles. The van der Waals surface area contributed by atoms with Crippen molar-refractivity contribution in [2.24, 2.45) is 5.41 Å². The lowest BCUT2D eigenvalue weighted by Gasteiger charge is -2.21. The maximum Gasteiger partial charge on any atom is 0.314 e. The number of nitrogens with zero attached hydrogens (tertiary/aromatic N) is 1. The number of carboxylic acids is 1. The Morgan fingerprint density at radius 2 is 1.95 bits per heavy atom. The van der Waals surface area contributed by atoms with Crippen LogP contribution in [0, 0.1) is 5.41 Å². The molecule has 6 nitrogen and oxygen atoms in total. The molecule has 6 heteroatoms. The van der Waals surface area contributed by atoms with E-state index in [1.165, 1.54) is 12.8 Å². The second-order valence-electron chi connectivity index (χ2n) is 5.66. The van der Waals surface area contributed by atoms with Crippen LogP contribution in [0.5, 0.6) is 0 Å². The third-order valence-electron chi connectivity index (χ3n) is 3.42. The lowest BCUT2D eigenvalue weighted by molar-refractivity contribution is -0.146. The van der Waals surface area contributed by atoms with Gasteiger partial charge in [0.05, 0.1) is 5.41 Å². The Morgan fingerprint density at radius 1 is 1.32 bits per heavy atom. The number of urea groups is 1. The van der Waals surface area contributed by atoms with Gasteiger partial charge in [0, 0.05) is 25.7 Å². The number of carbonyl (C=O) groups excluding carboxylic acids is 1. The molecule has 0 radical (unpaired) electrons. The van der Waals surface area contributed by atoms with Gasteiger partial charge < -0.3 is 15.7 Å². The van der Waals surface area contributed by atoms with Crippen molar-refractivity contribution in [3.8, 4) is 0 Å². The van der Waals surface area contributed by atoms with Gasteiger partial charge in [0.15, 0.2) is 0 Å². The molecule has 19 heavy (non-hydrogen) atoms. The fourth-order valence-corrected chi connectivity index (χ4v) is 1.79. The van der Waals surface area contributed by atoms with E-state index in [1.54, 1.807) is 13.8 Å². The first kappa shape index (κ1) is 15.8. The molecule has 0 aliphatic heterocycles. The van der Waals surface area contributed by atoms with Crippen molar-refractivity contribution in [3.63, 3.8) is 0 Å². The molecule has 110 valence electrons. The Morgan fingerprint density at radius 3 is 2.42 bits per heavy atom. The van der Waals surface area contributed by atoms with Crippen LogP contribution in [0.2, 0.25) is 0 Å². The summed E-state index contributed by atoms with van der Waals surface area (Å²) in [5, 5.41) is 14.3. The summed E-state index contributed by atoms with van der Waals surface area (Å²) in [4.78, 5) is 24.8. The van der Waals surface area contributed by atoms with Gasteiger partial charge in [-0.15, -0.1) is 0 Å². The van der Waals surface area contributed by atoms with Crippen LogP contribution < -0.4 is 10.6 Å². The van der Waals surface area contributed by atoms with Crippen LogP contribution in [0.25, 0.3) is 0 Å². The number of rotatable bonds is 8. The molecular weight excluding hydrogens is 246 g/mol. The first-order valence-electron chi connectivity index (χ1n) is 6.86. The van der Waals surface area contributed by atoms with E-state index in [0.29, 0.717) is 12.6 Å². The van der Waals surface area contributed by atoms with Crippen molar-refractivity contribution in [1.82, 2.24) is 15.5 Å². The van der Waals surface area contributed by atoms with Gasteiger partial charge >= 0.3 is 12.0 Å². The Balaban J connectivity index is 2.15. The number of carboxylic acid groups (broad SMARTS) is 1. The minimum atomic E-state index is -0.944. The average Bonchev–Trinajstić information content (AvgIpc) is 3.16. The molecule has 0 heterocycles. The summed E-state index contributed by atoms with van der Waals surface area (Å²) in [5.74, 6) is -0.918. The lowest BCUT2D eigenvalue weighted by Crippen LogP contribution is -2.45. The molecular formula is C13H25N3O3. The predicted molar refractivity (Wildman–Crippen MR) is 73.1 cm³/mol. The minimum absolute atomic E-state index is 0.119. The van der Waals surface area contributed by atoms with Crippen molar-refractivity contribution in [2.75, 3.05) is 26.2 Å². The van der Waals surface area contributed by atoms with E-state index in [0.717, 1.165) is 13.1 Å². The zero-order valence-corrected chi connectivity index (χ0v) is 12.0. The molecule has 2 amide bonds. The van der Waals surface area contributed by atoms with Crippen molar-refractivity contribution in [2.45, 2.75) is 39.7 Å². The third-order valence-corrected chi connectivity index (χ3v) is 3.42. The topological polar surface area (TPSA) is 81.7 Å². The van der Waals surface area contributed by atoms with Crippen LogP contribution in [-0.4, -0.2) is 54.2 Å². The number of carbonyl (C=O) groups is 2. The van der Waals surface area contributed by atoms with Crippen LogP contribution in [-0.2, 0) is 4.79 Å². The standard InChI is InChI=1S/C13H25N3O3/c1-4-16(10-5-6-10)8-7-14-12(19)15-9-13(2,3)11(17)18/h10H,4-9H2,1-3H3,(H,17,18)(H2,14,15,19). The van der Waals surface area contributed by atoms with E-state index >= 15 is 0 Å². The first-order chi connectivity index (χ1) is 8.86. The molecule has 1 saturated carbocycles. The van der Waals surface area contributed by atoms with E-state index < -0.39 is 11.4 Å². The van der Waals surface area contributed by atoms with Crippen molar-refractivity contribution in [3.05, 3.63) is 0 Å². The highest BCUT2D eigenvalue weighted by molar-refractivity contribution is 5.77. The molecule has 0 aromatic heterocycles. The van der Waals surface area contributed by atoms with Gasteiger partial charge in [-0.2, -0.15) is 0 Å². The zero-order valence-electron chi connectivity index (χ0n) is 12.0. The van der Waals surface area contributed by atoms with Gasteiger partial charge in [-0.3, -0.25) is 9.69 Å². The molecule has 0 aromatic carbocycles. The number of likely N-dealkylation sites (N-methyl/N-ethyl adjacent to an activating group) is 1. The highest BCUT2D eigenvalue weighted by Gasteiger charge is 2.28. The van der Waals surface area contributed by atoms with Crippen LogP contribution in [0.15, 0.2) is 0 Å². The lowest BCUT2D eigenvalue weighted by atomic mass is 9.94. The van der Waals surface area contributed by atoms with Crippen molar-refractivity contribution >= 4 is 12.0 Å². The molecule has 1 fully saturated rings. The van der Waals surface area contributed by atoms with E-state index in [9.17, 15) is 9.59 Å². The quantitative estimate of drug-likeness (QED) is 0.612. The van der Waals surface area contributed by atoms with Crippen LogP contribution in [0.4, 0.5) is 4.79 Å². The third kappa shape index (κ3) is 5.46. The van der Waals surface area contributed by atoms with Crippen molar-refractivity contribution < 1.29 is 14.7 Å². The molecule has 0 atom stereocenters. The van der Waals surface area contributed by atoms with E-state index in [1.807, 2.05) is 0 Å². The number of hydrogen-bond acceptors (Lipinski definition) is 3. The maximum absolute atomic E-state index is 11.5. The summed E-state index contributed by atoms with van der Waals surface area (Å²) in [6, 6.07) is 0.391. The predicted octanol–water partition coefficient (Wildman–Crippen LogP) is 0.881. The maximum atomic E-state index is 11.5. The molecule has 1 rings (SSSR count). The van der Waals surface area contributed by atoms with Gasteiger partial charge in [0.1, 0.15) is 0 Å². The Bertz CT molecular complexity index is 327. The average molecular weight is 271 g/mol. The Labute approximate surface area is 114 Å². The summed E-state index contributed by atoms with van der Waals surface area (Å²) < 4.78 is 0. The SMILES string of the molecule is CCN(CCNC(=O)NCC(C)(C)C(=O)O)C1CC1. The molecule has 0 bridgehead atoms. The van der Waals surface area contributed by atoms with Crippen LogP contribution in [0.1, 0.15) is 33.6 Å². The first-order valence-corrected chi connectivity index (χ1v) is 6.86. The number of amides is 2. The highest BCUT2D eigenvalue weighted by Crippen LogP contribution is 2.25. The monoisotopic (exact) mass is 271 g/mol. The molecule has 1 aliphatic carbocycles. The van der Waals surface area contributed by atoms with Crippen LogP contribution >= 0.6 is 0 Å². The second kappa shape index (κ2) is 6.75. The van der Waals surface area contributed by atoms with Gasteiger partial charge in [0.2, 0.25) is 0 Å². The molecule has 0 unspecified atom stereocenters. The van der Waals surface area contributed by atoms with E-state index in [-0.39, 0.29) is 12.6 Å². The molecule has 0 aromatic rings. The summed E-state index contributed by atoms with van der Waals surface area (Å²) in [7, 11) is 0. The zero-order chi connectivity index (χ0) is 14.5. The number of nitrogens with one attached hydrogen (secondary N) is 2. The van der Waals surface area contributed by atoms with Crippen molar-refractivity contribution in [1.29, 1.82) is 0 Å². The fraction of sp³-hybridized carbons (Fsp3) is 0.846. The summed E-state index contributed by atoms with van der Waals surface area (Å²) in [5.41, 5.74) is -0.944. The number of hydrogen-bond donors (Lipinski definition) is 3. The van der Waals surface area contributed by atoms with Gasteiger partial charge in [-0.05, 0) is 33.2 Å². The molecule has 1 aliphatic rings. The Hall–Kier alpha value is -1.30. The highest BCUT2D eigenvalue weighted by atomic mass is 16.4. The van der Waals surface area contributed by atoms with Gasteiger partial charge in [0.25, 0.3) is 0 Å². The Kier molecular flexibility index (Phi) is 5.60. The van der Waals surface area contributed by atoms with Crippen LogP contribution in [0.3, 0.4) is 0 Å². The van der Waals surface area contributed by atoms with Gasteiger partial charge in [-0.25, -0.2) is 4.79 Å². The smallest absolute Gasteiger partial charge is 0.314 e. The van der Waals surface area contributed by atoms with Gasteiger partial charge in [-0.1, -0.05) is 6.92 Å².